The van der Waals surface area contributed by atoms with Gasteiger partial charge < -0.3 is 63.0 Å². The number of nitrogens with zero attached hydrogens (tertiary/aromatic N) is 21. The molecule has 0 N–H and O–H groups in total. The van der Waals surface area contributed by atoms with Crippen molar-refractivity contribution in [2.24, 2.45) is 0 Å². The molecular formula is C104H118F3N21O7. The van der Waals surface area contributed by atoms with Crippen molar-refractivity contribution in [3.05, 3.63) is 196 Å². The number of benzene rings is 6. The average Bonchev–Trinajstić information content (AvgIpc) is 1.00. The zero-order valence-corrected chi connectivity index (χ0v) is 78.1. The Labute approximate surface area is 786 Å². The van der Waals surface area contributed by atoms with E-state index in [0.717, 1.165) is 147 Å². The van der Waals surface area contributed by atoms with Crippen molar-refractivity contribution in [1.82, 2.24) is 59.3 Å². The molecule has 0 bridgehead atoms. The average molecular weight is 1830 g/mol. The minimum atomic E-state index is -1.07. The number of piperazine rings is 3. The lowest BCUT2D eigenvalue weighted by atomic mass is 9.82. The predicted molar refractivity (Wildman–Crippen MR) is 513 cm³/mol. The number of rotatable bonds is 26. The molecule has 6 aromatic carbocycles. The van der Waals surface area contributed by atoms with E-state index >= 15 is 0 Å². The molecule has 0 aliphatic carbocycles. The molecule has 10 aliphatic rings. The van der Waals surface area contributed by atoms with E-state index in [-0.39, 0.29) is 112 Å². The Morgan fingerprint density at radius 2 is 1.02 bits per heavy atom. The second-order valence-electron chi connectivity index (χ2n) is 38.3. The normalized spacial score (nSPS) is 22.9. The molecule has 9 aromatic rings. The summed E-state index contributed by atoms with van der Waals surface area (Å²) in [4.78, 5) is 97.4. The number of carbonyl (C=O) groups excluding carboxylic acids is 3. The van der Waals surface area contributed by atoms with Gasteiger partial charge >= 0.3 is 18.0 Å². The first kappa shape index (κ1) is 91.4. The lowest BCUT2D eigenvalue weighted by molar-refractivity contribution is -0.132. The van der Waals surface area contributed by atoms with Crippen molar-refractivity contribution in [3.63, 3.8) is 0 Å². The van der Waals surface area contributed by atoms with Crippen LogP contribution < -0.4 is 43.6 Å². The Morgan fingerprint density at radius 1 is 0.541 bits per heavy atom. The molecule has 5 unspecified atom stereocenters. The van der Waals surface area contributed by atoms with Crippen LogP contribution in [0.5, 0.6) is 18.0 Å². The molecule has 135 heavy (non-hydrogen) atoms. The van der Waals surface area contributed by atoms with E-state index in [9.17, 15) is 43.3 Å². The number of amides is 3. The molecule has 19 rings (SSSR count). The third-order valence-corrected chi connectivity index (χ3v) is 30.4. The summed E-state index contributed by atoms with van der Waals surface area (Å²) in [7, 11) is 2.12. The highest BCUT2D eigenvalue weighted by Crippen LogP contribution is 2.50. The lowest BCUT2D eigenvalue weighted by Gasteiger charge is -2.53. The molecule has 3 amide bonds. The van der Waals surface area contributed by atoms with Crippen molar-refractivity contribution in [3.8, 4) is 36.2 Å². The number of nitriles is 3. The van der Waals surface area contributed by atoms with E-state index in [1.807, 2.05) is 0 Å². The summed E-state index contributed by atoms with van der Waals surface area (Å²) in [5.41, 5.74) is 14.4. The van der Waals surface area contributed by atoms with Crippen LogP contribution in [0.1, 0.15) is 145 Å². The number of anilines is 6. The van der Waals surface area contributed by atoms with Gasteiger partial charge in [-0.15, -0.1) is 0 Å². The fraction of sp³-hybridized carbons (Fsp3) is 0.481. The number of alkyl halides is 1. The van der Waals surface area contributed by atoms with Gasteiger partial charge in [0.2, 0.25) is 5.91 Å². The molecule has 0 radical (unpaired) electrons. The summed E-state index contributed by atoms with van der Waals surface area (Å²) in [6.45, 7) is 26.9. The minimum absolute atomic E-state index is 0.00827. The number of aromatic nitrogens is 6. The molecule has 3 aromatic heterocycles. The van der Waals surface area contributed by atoms with Gasteiger partial charge in [-0.3, -0.25) is 29.1 Å². The summed E-state index contributed by atoms with van der Waals surface area (Å²) in [6.07, 6.45) is 9.68. The van der Waals surface area contributed by atoms with Gasteiger partial charge in [0.15, 0.2) is 11.7 Å². The Hall–Kier alpha value is -12.7. The number of likely N-dealkylation sites (tertiary alicyclic amines) is 3. The maximum Gasteiger partial charge on any atom is 0.318 e. The number of allylic oxidation sites excluding steroid dienone is 1. The van der Waals surface area contributed by atoms with E-state index in [1.54, 1.807) is 4.90 Å². The van der Waals surface area contributed by atoms with E-state index in [0.29, 0.717) is 123 Å². The van der Waals surface area contributed by atoms with Gasteiger partial charge in [0.05, 0.1) is 97.9 Å². The Bertz CT molecular complexity index is 6270. The van der Waals surface area contributed by atoms with E-state index in [1.165, 1.54) is 49.4 Å². The van der Waals surface area contributed by atoms with E-state index in [4.69, 9.17) is 48.9 Å². The van der Waals surface area contributed by atoms with E-state index in [2.05, 4.69) is 214 Å². The molecule has 702 valence electrons. The molecule has 13 heterocycles. The first-order valence-corrected chi connectivity index (χ1v) is 48.0. The molecule has 0 saturated carbocycles. The SMILES string of the molecule is C=C(F)C(=O)N1CCN(c2nc(OCC3(C)CCCN3C)nc3c2CCN(c2cc(C4CC(COc5nc6c(c(N7CCN(C(=O)C(=C)F)[C@@H](CC#N)C7)n5)CCN(c5ccc(C7CC(COc8nc9c(c(N%10CCN(C(=O)/C=C/CF)[C@@H](CC#N)C%10)n8)CCN(c8cccc%10cccc(C)c8%10)C9)N7CC)c7cccc(C)c57)C6)N4C4CCOCC4)cc4cccc(C)c24)C3)C[C@@H]1CC#N. The van der Waals surface area contributed by atoms with Crippen molar-refractivity contribution in [2.45, 2.75) is 185 Å². The van der Waals surface area contributed by atoms with E-state index < -0.39 is 48.3 Å². The van der Waals surface area contributed by atoms with Gasteiger partial charge in [-0.05, 0) is 180 Å². The molecular weight excluding hydrogens is 1710 g/mol. The fourth-order valence-electron chi connectivity index (χ4n) is 23.2. The van der Waals surface area contributed by atoms with Crippen molar-refractivity contribution >= 4 is 84.6 Å². The summed E-state index contributed by atoms with van der Waals surface area (Å²) in [6, 6.07) is 41.4. The van der Waals surface area contributed by atoms with Gasteiger partial charge in [-0.2, -0.15) is 45.7 Å². The van der Waals surface area contributed by atoms with Gasteiger partial charge in [0.1, 0.15) is 43.9 Å². The van der Waals surface area contributed by atoms with Crippen LogP contribution in [0.2, 0.25) is 0 Å². The summed E-state index contributed by atoms with van der Waals surface area (Å²) < 4.78 is 69.4. The zero-order chi connectivity index (χ0) is 93.6. The lowest BCUT2D eigenvalue weighted by Crippen LogP contribution is -2.58. The highest BCUT2D eigenvalue weighted by atomic mass is 19.1. The number of ether oxygens (including phenoxy) is 4. The smallest absolute Gasteiger partial charge is 0.318 e. The summed E-state index contributed by atoms with van der Waals surface area (Å²) in [5, 5.41) is 37.3. The first-order valence-electron chi connectivity index (χ1n) is 48.0. The molecule has 10 aliphatic heterocycles. The maximum atomic E-state index is 14.8. The second kappa shape index (κ2) is 38.9. The number of halogens is 3. The van der Waals surface area contributed by atoms with Gasteiger partial charge in [-0.25, -0.2) is 13.2 Å². The molecule has 31 heteroatoms. The topological polar surface area (TPSA) is 276 Å². The zero-order valence-electron chi connectivity index (χ0n) is 78.1. The van der Waals surface area contributed by atoms with Gasteiger partial charge in [0.25, 0.3) is 11.8 Å². The Kier molecular flexibility index (Phi) is 26.4. The minimum Gasteiger partial charge on any atom is -0.462 e. The number of aryl methyl sites for hydroxylation is 3. The van der Waals surface area contributed by atoms with Crippen molar-refractivity contribution in [2.75, 3.05) is 168 Å². The monoisotopic (exact) mass is 1830 g/mol. The Morgan fingerprint density at radius 3 is 1.55 bits per heavy atom. The number of carbonyl (C=O) groups is 3. The third-order valence-electron chi connectivity index (χ3n) is 30.4. The van der Waals surface area contributed by atoms with Crippen LogP contribution in [-0.2, 0) is 58.0 Å². The standard InChI is InChI=1S/C104H118F3N21O7/c1-9-124-77(62-133-101-111-84-59-118(87-23-13-20-70-19-10-16-65(2)93(70)87)41-30-81(84)96(114-101)121-44-47-125(74(56-121)27-37-108)92(129)24-14-36-105)54-90(124)79-25-26-88(95-67(4)18-12-22-80(79)95)119-42-31-82-85(60-119)112-102(115-97(82)122-45-48-126(99(130)68(5)106)75(57-122)28-38-109)134-63-78-55-89(128(78)73-33-50-132-51-34-73)72-52-71-21-11-17-66(3)94(71)91(53-72)120-43-32-83-86(61-120)113-103(135-64-104(7)35-15-40-117(104)8)116-98(83)123-46-49-127(100(131)69(6)107)76(58-123)29-39-110/h10-14,16-26,52-53,73-78,89-90H,5-6,9,15,27-36,40-51,54-64H2,1-4,7-8H3/b24-14+/t74-,75-,76-,77?,78?,89?,90?,104?/m0/s1. The summed E-state index contributed by atoms with van der Waals surface area (Å²) >= 11 is 0. The van der Waals surface area contributed by atoms with Crippen LogP contribution >= 0.6 is 0 Å². The molecule has 7 saturated heterocycles. The maximum absolute atomic E-state index is 14.8. The quantitative estimate of drug-likeness (QED) is 0.0455. The highest BCUT2D eigenvalue weighted by Gasteiger charge is 2.48. The van der Waals surface area contributed by atoms with Crippen LogP contribution in [0, 0.1) is 54.8 Å². The van der Waals surface area contributed by atoms with Crippen LogP contribution in [-0.4, -0.2) is 257 Å². The molecule has 8 atom stereocenters. The third kappa shape index (κ3) is 17.9. The number of likely N-dealkylation sites (N-methyl/N-ethyl adjacent to an activating group) is 2. The Balaban J connectivity index is 0.594. The van der Waals surface area contributed by atoms with Crippen LogP contribution in [0.4, 0.5) is 47.7 Å². The molecule has 0 spiro atoms. The van der Waals surface area contributed by atoms with Gasteiger partial charge in [-0.1, -0.05) is 92.9 Å². The largest absolute Gasteiger partial charge is 0.462 e. The number of hydrogen-bond acceptors (Lipinski definition) is 25. The number of hydrogen-bond donors (Lipinski definition) is 0. The molecule has 28 nitrogen and oxygen atoms in total. The molecule has 7 fully saturated rings. The van der Waals surface area contributed by atoms with Crippen LogP contribution in [0.25, 0.3) is 32.3 Å². The van der Waals surface area contributed by atoms with Crippen molar-refractivity contribution < 1.29 is 46.5 Å². The first-order chi connectivity index (χ1) is 65.6. The number of fused-ring (bicyclic) bond motifs is 6. The van der Waals surface area contributed by atoms with Crippen LogP contribution in [0.15, 0.2) is 134 Å². The highest BCUT2D eigenvalue weighted by molar-refractivity contribution is 6.01. The van der Waals surface area contributed by atoms with Gasteiger partial charge in [0, 0.05) is 178 Å². The van der Waals surface area contributed by atoms with Crippen LogP contribution in [0.3, 0.4) is 0 Å². The predicted octanol–water partition coefficient (Wildman–Crippen LogP) is 13.9. The second-order valence-corrected chi connectivity index (χ2v) is 38.3. The summed E-state index contributed by atoms with van der Waals surface area (Å²) in [5.74, 6) is -1.95. The fourth-order valence-corrected chi connectivity index (χ4v) is 23.2. The van der Waals surface area contributed by atoms with Crippen molar-refractivity contribution in [1.29, 1.82) is 15.8 Å².